The first-order chi connectivity index (χ1) is 12.8. The normalized spacial score (nSPS) is 8.31. The maximum atomic E-state index is 12.0. The molecular weight excluding hydrogens is 324 g/mol. The fourth-order valence-electron chi connectivity index (χ4n) is 1.92. The van der Waals surface area contributed by atoms with Crippen LogP contribution in [-0.4, -0.2) is 5.11 Å². The summed E-state index contributed by atoms with van der Waals surface area (Å²) in [6.07, 6.45) is 0. The Morgan fingerprint density at radius 2 is 1.15 bits per heavy atom. The molecule has 0 saturated heterocycles. The van der Waals surface area contributed by atoms with Gasteiger partial charge in [0.2, 0.25) is 11.2 Å². The van der Waals surface area contributed by atoms with Crippen LogP contribution in [0.1, 0.15) is 55.4 Å². The number of hydrogen-bond donors (Lipinski definition) is 1. The van der Waals surface area contributed by atoms with Gasteiger partial charge >= 0.3 is 0 Å². The van der Waals surface area contributed by atoms with E-state index in [1.54, 1.807) is 36.4 Å². The smallest absolute Gasteiger partial charge is 0.235 e. The third-order valence-electron chi connectivity index (χ3n) is 2.81. The van der Waals surface area contributed by atoms with Gasteiger partial charge in [-0.1, -0.05) is 97.9 Å². The maximum absolute atomic E-state index is 12.0. The van der Waals surface area contributed by atoms with E-state index in [4.69, 9.17) is 4.42 Å². The van der Waals surface area contributed by atoms with Crippen LogP contribution in [0.2, 0.25) is 0 Å². The highest BCUT2D eigenvalue weighted by atomic mass is 16.4. The van der Waals surface area contributed by atoms with Crippen LogP contribution in [0, 0.1) is 0 Å². The van der Waals surface area contributed by atoms with Gasteiger partial charge in [0.05, 0.1) is 5.39 Å². The zero-order valence-corrected chi connectivity index (χ0v) is 17.5. The van der Waals surface area contributed by atoms with Crippen LogP contribution < -0.4 is 5.43 Å². The predicted molar refractivity (Wildman–Crippen MR) is 115 cm³/mol. The van der Waals surface area contributed by atoms with Crippen LogP contribution in [-0.2, 0) is 0 Å². The van der Waals surface area contributed by atoms with E-state index in [1.807, 2.05) is 73.6 Å². The van der Waals surface area contributed by atoms with Crippen molar-refractivity contribution < 1.29 is 9.52 Å². The average Bonchev–Trinajstić information content (AvgIpc) is 2.77. The Bertz CT molecular complexity index is 759. The topological polar surface area (TPSA) is 50.4 Å². The molecule has 0 saturated carbocycles. The molecule has 1 heterocycles. The largest absolute Gasteiger partial charge is 0.502 e. The van der Waals surface area contributed by atoms with Gasteiger partial charge in [0.1, 0.15) is 5.58 Å². The number of para-hydroxylation sites is 1. The van der Waals surface area contributed by atoms with Gasteiger partial charge in [-0.3, -0.25) is 4.79 Å². The molecule has 1 N–H and O–H groups in total. The third kappa shape index (κ3) is 6.75. The molecule has 3 aromatic rings. The Kier molecular flexibility index (Phi) is 15.8. The van der Waals surface area contributed by atoms with Crippen LogP contribution >= 0.6 is 0 Å². The monoisotopic (exact) mass is 358 g/mol. The summed E-state index contributed by atoms with van der Waals surface area (Å²) in [6, 6.07) is 15.9. The minimum absolute atomic E-state index is 0.208. The first-order valence-electron chi connectivity index (χ1n) is 9.57. The van der Waals surface area contributed by atoms with E-state index in [9.17, 15) is 9.90 Å². The lowest BCUT2D eigenvalue weighted by Crippen LogP contribution is -2.02. The van der Waals surface area contributed by atoms with Crippen molar-refractivity contribution in [3.63, 3.8) is 0 Å². The molecule has 0 spiro atoms. The number of fused-ring (bicyclic) bond motifs is 1. The molecule has 0 radical (unpaired) electrons. The first-order valence-corrected chi connectivity index (χ1v) is 9.57. The maximum Gasteiger partial charge on any atom is 0.235 e. The summed E-state index contributed by atoms with van der Waals surface area (Å²) in [5, 5.41) is 10.3. The van der Waals surface area contributed by atoms with E-state index >= 15 is 0 Å². The predicted octanol–water partition coefficient (Wildman–Crippen LogP) is 7.27. The van der Waals surface area contributed by atoms with Gasteiger partial charge in [-0.2, -0.15) is 0 Å². The summed E-state index contributed by atoms with van der Waals surface area (Å²) in [6.45, 7) is 16.0. The molecule has 0 aliphatic heterocycles. The van der Waals surface area contributed by atoms with Crippen molar-refractivity contribution in [2.75, 3.05) is 0 Å². The number of hydrogen-bond acceptors (Lipinski definition) is 3. The summed E-state index contributed by atoms with van der Waals surface area (Å²) >= 11 is 0. The summed E-state index contributed by atoms with van der Waals surface area (Å²) < 4.78 is 5.61. The molecule has 0 fully saturated rings. The summed E-state index contributed by atoms with van der Waals surface area (Å²) in [5.41, 5.74) is 0.743. The minimum atomic E-state index is -0.407. The van der Waals surface area contributed by atoms with E-state index in [0.717, 1.165) is 0 Å². The fourth-order valence-corrected chi connectivity index (χ4v) is 1.92. The summed E-state index contributed by atoms with van der Waals surface area (Å²) in [7, 11) is 0. The second kappa shape index (κ2) is 15.9. The van der Waals surface area contributed by atoms with E-state index in [2.05, 4.69) is 0 Å². The van der Waals surface area contributed by atoms with Crippen molar-refractivity contribution >= 4 is 11.0 Å². The van der Waals surface area contributed by atoms with Crippen molar-refractivity contribution in [3.8, 4) is 17.1 Å². The third-order valence-corrected chi connectivity index (χ3v) is 2.81. The second-order valence-corrected chi connectivity index (χ2v) is 3.97. The summed E-state index contributed by atoms with van der Waals surface area (Å²) in [4.78, 5) is 12.0. The molecular formula is C23H34O3. The van der Waals surface area contributed by atoms with Gasteiger partial charge < -0.3 is 9.52 Å². The highest BCUT2D eigenvalue weighted by Crippen LogP contribution is 2.29. The molecule has 3 nitrogen and oxygen atoms in total. The van der Waals surface area contributed by atoms with Gasteiger partial charge in [0.25, 0.3) is 0 Å². The molecule has 3 heteroatoms. The van der Waals surface area contributed by atoms with Crippen LogP contribution in [0.15, 0.2) is 63.8 Å². The molecule has 0 atom stereocenters. The molecule has 3 rings (SSSR count). The second-order valence-electron chi connectivity index (χ2n) is 3.97. The van der Waals surface area contributed by atoms with Gasteiger partial charge in [-0.05, 0) is 12.1 Å². The lowest BCUT2D eigenvalue weighted by molar-refractivity contribution is 0.449. The SMILES string of the molecule is CC.CC.CC.CC.O=c1c(O)c(-c2ccccc2)oc2ccccc12. The molecule has 0 amide bonds. The molecule has 0 aliphatic rings. The van der Waals surface area contributed by atoms with Crippen molar-refractivity contribution in [2.24, 2.45) is 0 Å². The standard InChI is InChI=1S/C15H10O3.4C2H6/c16-13-11-8-4-5-9-12(11)18-15(14(13)17)10-6-2-1-3-7-10;4*1-2/h1-9,17H;4*1-2H3. The highest BCUT2D eigenvalue weighted by molar-refractivity contribution is 5.81. The quantitative estimate of drug-likeness (QED) is 0.497. The Hall–Kier alpha value is -2.55. The zero-order chi connectivity index (χ0) is 20.5. The van der Waals surface area contributed by atoms with Crippen LogP contribution in [0.3, 0.4) is 0 Å². The molecule has 0 bridgehead atoms. The first kappa shape index (κ1) is 25.7. The van der Waals surface area contributed by atoms with Gasteiger partial charge in [-0.15, -0.1) is 0 Å². The van der Waals surface area contributed by atoms with Crippen molar-refractivity contribution in [3.05, 3.63) is 64.8 Å². The van der Waals surface area contributed by atoms with E-state index in [-0.39, 0.29) is 11.5 Å². The Balaban J connectivity index is 0. The van der Waals surface area contributed by atoms with E-state index < -0.39 is 5.43 Å². The lowest BCUT2D eigenvalue weighted by Gasteiger charge is -2.05. The molecule has 2 aromatic carbocycles. The number of benzene rings is 2. The molecule has 144 valence electrons. The van der Waals surface area contributed by atoms with Crippen LogP contribution in [0.25, 0.3) is 22.3 Å². The fraction of sp³-hybridized carbons (Fsp3) is 0.348. The molecule has 1 aromatic heterocycles. The van der Waals surface area contributed by atoms with Crippen LogP contribution in [0.4, 0.5) is 0 Å². The molecule has 0 aliphatic carbocycles. The number of aromatic hydroxyl groups is 1. The Labute approximate surface area is 158 Å². The highest BCUT2D eigenvalue weighted by Gasteiger charge is 2.14. The van der Waals surface area contributed by atoms with E-state index in [0.29, 0.717) is 16.5 Å². The Morgan fingerprint density at radius 3 is 1.69 bits per heavy atom. The molecule has 0 unspecified atom stereocenters. The van der Waals surface area contributed by atoms with Crippen molar-refractivity contribution in [1.29, 1.82) is 0 Å². The minimum Gasteiger partial charge on any atom is -0.502 e. The lowest BCUT2D eigenvalue weighted by atomic mass is 10.1. The van der Waals surface area contributed by atoms with Gasteiger partial charge in [0, 0.05) is 5.56 Å². The number of rotatable bonds is 1. The van der Waals surface area contributed by atoms with Crippen LogP contribution in [0.5, 0.6) is 5.75 Å². The van der Waals surface area contributed by atoms with Gasteiger partial charge in [-0.25, -0.2) is 0 Å². The Morgan fingerprint density at radius 1 is 0.692 bits per heavy atom. The van der Waals surface area contributed by atoms with Gasteiger partial charge in [0.15, 0.2) is 5.76 Å². The summed E-state index contributed by atoms with van der Waals surface area (Å²) in [5.74, 6) is -0.140. The zero-order valence-electron chi connectivity index (χ0n) is 17.5. The van der Waals surface area contributed by atoms with Crippen molar-refractivity contribution in [2.45, 2.75) is 55.4 Å². The van der Waals surface area contributed by atoms with Crippen molar-refractivity contribution in [1.82, 2.24) is 0 Å². The van der Waals surface area contributed by atoms with E-state index in [1.165, 1.54) is 0 Å². The average molecular weight is 359 g/mol. The molecule has 26 heavy (non-hydrogen) atoms.